The van der Waals surface area contributed by atoms with Gasteiger partial charge in [0, 0.05) is 0 Å². The topological polar surface area (TPSA) is 109 Å². The molecule has 0 bridgehead atoms. The quantitative estimate of drug-likeness (QED) is 0.363. The summed E-state index contributed by atoms with van der Waals surface area (Å²) < 4.78 is 43.9. The molecule has 0 aliphatic rings. The number of allylic oxidation sites excluding steroid dienone is 1. The van der Waals surface area contributed by atoms with E-state index in [-0.39, 0.29) is 0 Å². The van der Waals surface area contributed by atoms with Gasteiger partial charge in [-0.15, -0.1) is 0 Å². The fraction of sp³-hybridized carbons (Fsp3) is 0.333. The minimum atomic E-state index is 0.802. The van der Waals surface area contributed by atoms with Gasteiger partial charge in [-0.05, 0) is 0 Å². The summed E-state index contributed by atoms with van der Waals surface area (Å²) >= 11 is 1.44. The van der Waals surface area contributed by atoms with Gasteiger partial charge in [0.05, 0.1) is 0 Å². The van der Waals surface area contributed by atoms with Gasteiger partial charge in [0.1, 0.15) is 0 Å². The Morgan fingerprint density at radius 3 is 1.53 bits per heavy atom. The van der Waals surface area contributed by atoms with E-state index in [1.807, 2.05) is 13.0 Å². The van der Waals surface area contributed by atoms with Gasteiger partial charge < -0.3 is 0 Å². The van der Waals surface area contributed by atoms with Crippen LogP contribution >= 0.6 is 0 Å². The van der Waals surface area contributed by atoms with E-state index in [9.17, 15) is 0 Å². The summed E-state index contributed by atoms with van der Waals surface area (Å²) in [7, 11) is 0. The van der Waals surface area contributed by atoms with Crippen LogP contribution in [0.2, 0.25) is 0 Å². The Kier molecular flexibility index (Phi) is 170. The zero-order valence-electron chi connectivity index (χ0n) is 10.3. The minimum absolute atomic E-state index is 0.802. The van der Waals surface area contributed by atoms with E-state index >= 15 is 0 Å². The summed E-state index contributed by atoms with van der Waals surface area (Å²) in [6.07, 6.45) is 4.01. The Bertz CT molecular complexity index is 227. The molecule has 0 saturated heterocycles. The maximum atomic E-state index is 7.50. The number of hydrogen-bond acceptors (Lipinski definition) is 1. The average Bonchev–Trinajstić information content (AvgIpc) is 2.55. The van der Waals surface area contributed by atoms with Crippen molar-refractivity contribution in [1.29, 1.82) is 0 Å². The van der Waals surface area contributed by atoms with Gasteiger partial charge in [-0.3, -0.25) is 0 Å². The van der Waals surface area contributed by atoms with E-state index in [1.54, 1.807) is 0 Å². The number of ether oxygens (including phenoxy) is 1. The van der Waals surface area contributed by atoms with Crippen molar-refractivity contribution in [2.24, 2.45) is 0 Å². The maximum absolute atomic E-state index is 7.50. The van der Waals surface area contributed by atoms with Gasteiger partial charge in [0.2, 0.25) is 0 Å². The first kappa shape index (κ1) is 36.1. The van der Waals surface area contributed by atoms with Gasteiger partial charge in [0.25, 0.3) is 0 Å². The first-order valence-electron chi connectivity index (χ1n) is 4.09. The molecular formula is C12H12O6W. The van der Waals surface area contributed by atoms with Gasteiger partial charge >= 0.3 is 124 Å². The summed E-state index contributed by atoms with van der Waals surface area (Å²) in [6.45, 7) is 28.9. The fourth-order valence-electron chi connectivity index (χ4n) is 0.453. The van der Waals surface area contributed by atoms with Crippen molar-refractivity contribution < 1.29 is 47.4 Å². The molecule has 0 rings (SSSR count). The van der Waals surface area contributed by atoms with Crippen molar-refractivity contribution in [3.8, 4) is 0 Å². The van der Waals surface area contributed by atoms with Crippen molar-refractivity contribution in [3.05, 3.63) is 45.9 Å². The predicted octanol–water partition coefficient (Wildman–Crippen LogP) is 1.48. The molecule has 0 amide bonds. The van der Waals surface area contributed by atoms with Crippen LogP contribution in [0.3, 0.4) is 0 Å². The van der Waals surface area contributed by atoms with Gasteiger partial charge in [-0.25, -0.2) is 0 Å². The molecule has 0 fully saturated rings. The second-order valence-corrected chi connectivity index (χ2v) is 3.27. The fourth-order valence-corrected chi connectivity index (χ4v) is 1.30. The van der Waals surface area contributed by atoms with E-state index in [0.29, 0.717) is 0 Å². The van der Waals surface area contributed by atoms with Crippen molar-refractivity contribution >= 4 is 4.08 Å². The van der Waals surface area contributed by atoms with E-state index in [4.69, 9.17) is 28.0 Å². The van der Waals surface area contributed by atoms with Crippen molar-refractivity contribution in [2.45, 2.75) is 19.8 Å². The first-order valence-corrected chi connectivity index (χ1v) is 5.56. The molecule has 0 unspecified atom stereocenters. The Hall–Kier alpha value is -1.04. The van der Waals surface area contributed by atoms with Crippen LogP contribution in [0.4, 0.5) is 0 Å². The molecule has 0 aliphatic heterocycles. The van der Waals surface area contributed by atoms with Gasteiger partial charge in [-0.2, -0.15) is 0 Å². The zero-order chi connectivity index (χ0) is 17.1. The van der Waals surface area contributed by atoms with Crippen molar-refractivity contribution in [1.82, 2.24) is 0 Å². The number of hydrogen-bond donors (Lipinski definition) is 0. The third-order valence-corrected chi connectivity index (χ3v) is 2.01. The molecule has 0 aromatic heterocycles. The standard InChI is InChI=1S/C7H12O.5CO.W/c1-3-5-6-7-8-4-2;5*1-2;/h3H,1,4-6H2,2H3;;;;;;. The molecule has 19 heavy (non-hydrogen) atoms. The molecule has 0 radical (unpaired) electrons. The molecule has 0 saturated carbocycles. The monoisotopic (exact) mass is 436 g/mol. The van der Waals surface area contributed by atoms with E-state index in [0.717, 1.165) is 19.4 Å². The van der Waals surface area contributed by atoms with E-state index in [1.165, 1.54) is 23.4 Å². The van der Waals surface area contributed by atoms with Crippen LogP contribution < -0.4 is 0 Å². The van der Waals surface area contributed by atoms with Crippen LogP contribution in [0.15, 0.2) is 12.7 Å². The first-order chi connectivity index (χ1) is 9.31. The third-order valence-electron chi connectivity index (χ3n) is 0.858. The molecule has 0 aliphatic carbocycles. The second-order valence-electron chi connectivity index (χ2n) is 1.63. The second kappa shape index (κ2) is 89.2. The Morgan fingerprint density at radius 1 is 1.00 bits per heavy atom. The molecule has 6 nitrogen and oxygen atoms in total. The zero-order valence-corrected chi connectivity index (χ0v) is 13.2. The van der Waals surface area contributed by atoms with E-state index < -0.39 is 0 Å². The van der Waals surface area contributed by atoms with E-state index in [2.05, 4.69) is 39.8 Å². The average molecular weight is 436 g/mol. The van der Waals surface area contributed by atoms with Crippen LogP contribution in [0.5, 0.6) is 0 Å². The summed E-state index contributed by atoms with van der Waals surface area (Å²) in [6, 6.07) is 0. The molecule has 0 N–H and O–H groups in total. The van der Waals surface area contributed by atoms with Crippen molar-refractivity contribution in [2.75, 3.05) is 6.61 Å². The van der Waals surface area contributed by atoms with Gasteiger partial charge in [-0.1, -0.05) is 0 Å². The molecule has 0 heterocycles. The summed E-state index contributed by atoms with van der Waals surface area (Å²) in [5.41, 5.74) is 0. The molecule has 0 aromatic rings. The third kappa shape index (κ3) is 107. The normalized spacial score (nSPS) is 4.79. The molecule has 102 valence electrons. The Labute approximate surface area is 124 Å². The predicted molar refractivity (Wildman–Crippen MR) is 55.7 cm³/mol. The molecule has 0 atom stereocenters. The molecule has 0 spiro atoms. The van der Waals surface area contributed by atoms with Crippen LogP contribution in [0.25, 0.3) is 0 Å². The van der Waals surface area contributed by atoms with Crippen LogP contribution in [-0.2, 0) is 47.4 Å². The summed E-state index contributed by atoms with van der Waals surface area (Å²) in [5.74, 6) is 0. The SMILES string of the molecule is C=CCC[C](=[W])OCC.[C-]#[O+].[C-]#[O+].[C-]#[O+].[C-]#[O+].[C-]#[O+]. The molecule has 7 heteroatoms. The number of rotatable bonds is 5. The molecular weight excluding hydrogens is 424 g/mol. The van der Waals surface area contributed by atoms with Crippen LogP contribution in [-0.4, -0.2) is 10.7 Å². The Morgan fingerprint density at radius 2 is 1.32 bits per heavy atom. The molecule has 0 aromatic carbocycles. The van der Waals surface area contributed by atoms with Crippen molar-refractivity contribution in [3.63, 3.8) is 0 Å². The van der Waals surface area contributed by atoms with Gasteiger partial charge in [0.15, 0.2) is 0 Å². The summed E-state index contributed by atoms with van der Waals surface area (Å²) in [5, 5.41) is 0. The van der Waals surface area contributed by atoms with Crippen LogP contribution in [0.1, 0.15) is 19.8 Å². The van der Waals surface area contributed by atoms with Crippen LogP contribution in [0, 0.1) is 33.3 Å². The summed E-state index contributed by atoms with van der Waals surface area (Å²) in [4.78, 5) is 0. The Balaban J connectivity index is -0.0000000356.